The molecule has 0 saturated carbocycles. The summed E-state index contributed by atoms with van der Waals surface area (Å²) >= 11 is 0. The number of hydrogen-bond acceptors (Lipinski definition) is 5. The van der Waals surface area contributed by atoms with E-state index < -0.39 is 0 Å². The topological polar surface area (TPSA) is 56.1 Å². The van der Waals surface area contributed by atoms with Crippen molar-refractivity contribution in [3.05, 3.63) is 47.5 Å². The van der Waals surface area contributed by atoms with E-state index in [-0.39, 0.29) is 11.9 Å². The minimum absolute atomic E-state index is 0.173. The van der Waals surface area contributed by atoms with Crippen molar-refractivity contribution in [2.24, 2.45) is 0 Å². The van der Waals surface area contributed by atoms with Crippen molar-refractivity contribution in [2.75, 3.05) is 29.9 Å². The van der Waals surface area contributed by atoms with Gasteiger partial charge in [-0.1, -0.05) is 6.07 Å². The smallest absolute Gasteiger partial charge is 0.225 e. The largest absolute Gasteiger partial charge is 0.366 e. The highest BCUT2D eigenvalue weighted by Crippen LogP contribution is 2.28. The van der Waals surface area contributed by atoms with Gasteiger partial charge in [-0.2, -0.15) is 5.26 Å². The number of nitriles is 1. The molecule has 1 aliphatic heterocycles. The van der Waals surface area contributed by atoms with Gasteiger partial charge in [-0.25, -0.2) is 14.4 Å². The maximum atomic E-state index is 14.3. The number of halogens is 1. The summed E-state index contributed by atoms with van der Waals surface area (Å²) in [5.41, 5.74) is 1.70. The van der Waals surface area contributed by atoms with Crippen LogP contribution in [0.5, 0.6) is 0 Å². The van der Waals surface area contributed by atoms with Gasteiger partial charge < -0.3 is 9.80 Å². The first-order valence-electron chi connectivity index (χ1n) is 8.06. The first-order valence-corrected chi connectivity index (χ1v) is 8.06. The van der Waals surface area contributed by atoms with E-state index in [4.69, 9.17) is 0 Å². The van der Waals surface area contributed by atoms with Crippen LogP contribution in [-0.2, 0) is 0 Å². The molecule has 2 heterocycles. The lowest BCUT2D eigenvalue weighted by molar-refractivity contribution is 0.477. The van der Waals surface area contributed by atoms with Crippen LogP contribution in [-0.4, -0.2) is 36.1 Å². The van der Waals surface area contributed by atoms with Crippen LogP contribution in [0, 0.1) is 24.1 Å². The van der Waals surface area contributed by atoms with Gasteiger partial charge >= 0.3 is 0 Å². The van der Waals surface area contributed by atoms with Gasteiger partial charge in [0, 0.05) is 38.1 Å². The van der Waals surface area contributed by atoms with Gasteiger partial charge in [0.15, 0.2) is 0 Å². The Bertz CT molecular complexity index is 770. The number of piperidine rings is 1. The highest BCUT2D eigenvalue weighted by Gasteiger charge is 2.27. The normalized spacial score (nSPS) is 17.4. The number of para-hydroxylation sites is 1. The summed E-state index contributed by atoms with van der Waals surface area (Å²) in [5, 5.41) is 9.28. The molecule has 1 unspecified atom stereocenters. The second kappa shape index (κ2) is 6.83. The molecule has 2 aromatic rings. The van der Waals surface area contributed by atoms with Crippen LogP contribution in [0.4, 0.5) is 16.0 Å². The quantitative estimate of drug-likeness (QED) is 0.868. The maximum Gasteiger partial charge on any atom is 0.225 e. The molecule has 24 heavy (non-hydrogen) atoms. The van der Waals surface area contributed by atoms with Crippen LogP contribution in [0.2, 0.25) is 0 Å². The lowest BCUT2D eigenvalue weighted by atomic mass is 10.0. The lowest BCUT2D eigenvalue weighted by Crippen LogP contribution is -2.47. The summed E-state index contributed by atoms with van der Waals surface area (Å²) in [7, 11) is 1.97. The summed E-state index contributed by atoms with van der Waals surface area (Å²) in [5.74, 6) is 0.333. The summed E-state index contributed by atoms with van der Waals surface area (Å²) in [6.45, 7) is 3.32. The summed E-state index contributed by atoms with van der Waals surface area (Å²) < 4.78 is 14.3. The molecule has 0 spiro atoms. The molecule has 1 fully saturated rings. The van der Waals surface area contributed by atoms with Crippen LogP contribution >= 0.6 is 0 Å². The fourth-order valence-electron chi connectivity index (χ4n) is 3.17. The number of benzene rings is 1. The molecule has 1 aromatic carbocycles. The molecule has 1 atom stereocenters. The number of hydrogen-bond donors (Lipinski definition) is 0. The molecule has 0 bridgehead atoms. The van der Waals surface area contributed by atoms with Crippen molar-refractivity contribution in [1.82, 2.24) is 9.97 Å². The fraction of sp³-hybridized carbons (Fsp3) is 0.389. The Balaban J connectivity index is 1.84. The molecule has 5 nitrogen and oxygen atoms in total. The van der Waals surface area contributed by atoms with E-state index >= 15 is 0 Å². The third-order valence-electron chi connectivity index (χ3n) is 4.47. The summed E-state index contributed by atoms with van der Waals surface area (Å²) in [4.78, 5) is 12.8. The predicted octanol–water partition coefficient (Wildman–Crippen LogP) is 2.90. The van der Waals surface area contributed by atoms with Crippen molar-refractivity contribution < 1.29 is 4.39 Å². The van der Waals surface area contributed by atoms with Crippen molar-refractivity contribution in [1.29, 1.82) is 5.26 Å². The summed E-state index contributed by atoms with van der Waals surface area (Å²) in [6, 6.07) is 8.78. The Morgan fingerprint density at radius 3 is 2.96 bits per heavy atom. The average molecular weight is 325 g/mol. The number of anilines is 2. The van der Waals surface area contributed by atoms with Gasteiger partial charge in [-0.3, -0.25) is 0 Å². The SMILES string of the molecule is Cc1ccnc(N(C)C2CCCN(c3c(F)cccc3C#N)C2)n1. The molecule has 0 radical (unpaired) electrons. The molecular weight excluding hydrogens is 305 g/mol. The molecule has 1 saturated heterocycles. The Morgan fingerprint density at radius 1 is 1.38 bits per heavy atom. The highest BCUT2D eigenvalue weighted by atomic mass is 19.1. The van der Waals surface area contributed by atoms with Crippen molar-refractivity contribution >= 4 is 11.6 Å². The molecule has 1 aromatic heterocycles. The Kier molecular flexibility index (Phi) is 4.61. The Labute approximate surface area is 141 Å². The average Bonchev–Trinajstić information content (AvgIpc) is 2.61. The molecule has 1 aliphatic rings. The lowest BCUT2D eigenvalue weighted by Gasteiger charge is -2.39. The van der Waals surface area contributed by atoms with E-state index in [1.54, 1.807) is 18.3 Å². The first kappa shape index (κ1) is 16.2. The molecule has 0 aliphatic carbocycles. The standard InChI is InChI=1S/C18H20FN5/c1-13-8-9-21-18(22-13)23(2)15-6-4-10-24(12-15)17-14(11-20)5-3-7-16(17)19/h3,5,7-9,15H,4,6,10,12H2,1-2H3. The Morgan fingerprint density at radius 2 is 2.21 bits per heavy atom. The predicted molar refractivity (Wildman–Crippen MR) is 91.5 cm³/mol. The zero-order valence-electron chi connectivity index (χ0n) is 13.9. The van der Waals surface area contributed by atoms with Gasteiger partial charge in [0.2, 0.25) is 5.95 Å². The number of likely N-dealkylation sites (N-methyl/N-ethyl adjacent to an activating group) is 1. The zero-order valence-corrected chi connectivity index (χ0v) is 13.9. The van der Waals surface area contributed by atoms with E-state index in [0.29, 0.717) is 23.7 Å². The van der Waals surface area contributed by atoms with E-state index in [1.165, 1.54) is 6.07 Å². The van der Waals surface area contributed by atoms with Crippen LogP contribution in [0.25, 0.3) is 0 Å². The molecule has 6 heteroatoms. The van der Waals surface area contributed by atoms with E-state index in [0.717, 1.165) is 25.1 Å². The van der Waals surface area contributed by atoms with Crippen LogP contribution < -0.4 is 9.80 Å². The monoisotopic (exact) mass is 325 g/mol. The third kappa shape index (κ3) is 3.16. The van der Waals surface area contributed by atoms with Crippen molar-refractivity contribution in [2.45, 2.75) is 25.8 Å². The van der Waals surface area contributed by atoms with Gasteiger partial charge in [0.1, 0.15) is 11.9 Å². The molecule has 3 rings (SSSR count). The first-order chi connectivity index (χ1) is 11.6. The van der Waals surface area contributed by atoms with Gasteiger partial charge in [-0.15, -0.1) is 0 Å². The maximum absolute atomic E-state index is 14.3. The van der Waals surface area contributed by atoms with Crippen molar-refractivity contribution in [3.8, 4) is 6.07 Å². The number of nitrogens with zero attached hydrogens (tertiary/aromatic N) is 5. The molecule has 0 amide bonds. The van der Waals surface area contributed by atoms with Crippen LogP contribution in [0.15, 0.2) is 30.5 Å². The Hall–Kier alpha value is -2.68. The summed E-state index contributed by atoms with van der Waals surface area (Å²) in [6.07, 6.45) is 3.67. The van der Waals surface area contributed by atoms with Gasteiger partial charge in [0.25, 0.3) is 0 Å². The molecule has 124 valence electrons. The minimum Gasteiger partial charge on any atom is -0.366 e. The molecular formula is C18H20FN5. The second-order valence-corrected chi connectivity index (χ2v) is 6.10. The number of aryl methyl sites for hydroxylation is 1. The third-order valence-corrected chi connectivity index (χ3v) is 4.47. The number of aromatic nitrogens is 2. The van der Waals surface area contributed by atoms with Gasteiger partial charge in [0.05, 0.1) is 11.3 Å². The highest BCUT2D eigenvalue weighted by molar-refractivity contribution is 5.60. The zero-order chi connectivity index (χ0) is 17.1. The minimum atomic E-state index is -0.343. The van der Waals surface area contributed by atoms with E-state index in [9.17, 15) is 9.65 Å². The van der Waals surface area contributed by atoms with E-state index in [2.05, 4.69) is 16.0 Å². The van der Waals surface area contributed by atoms with Gasteiger partial charge in [-0.05, 0) is 38.0 Å². The van der Waals surface area contributed by atoms with Crippen molar-refractivity contribution in [3.63, 3.8) is 0 Å². The second-order valence-electron chi connectivity index (χ2n) is 6.10. The molecule has 0 N–H and O–H groups in total. The van der Waals surface area contributed by atoms with E-state index in [1.807, 2.05) is 29.8 Å². The fourth-order valence-corrected chi connectivity index (χ4v) is 3.17. The van der Waals surface area contributed by atoms with Crippen LogP contribution in [0.3, 0.4) is 0 Å². The van der Waals surface area contributed by atoms with Crippen LogP contribution in [0.1, 0.15) is 24.1 Å². The number of rotatable bonds is 3.